The number of sulfonamides is 1. The van der Waals surface area contributed by atoms with E-state index in [4.69, 9.17) is 15.2 Å². The molecule has 2 saturated heterocycles. The summed E-state index contributed by atoms with van der Waals surface area (Å²) >= 11 is 0. The fraction of sp³-hybridized carbons (Fsp3) is 0.576. The molecule has 2 aromatic rings. The Balaban J connectivity index is 1.21. The standard InChI is InChI=1S/C33H43F2N5O6S/c1-2-26(36)31(42)46-17-18-47(43,44)38-23-3-4-25(27(20-23)39-12-8-32(6-7-32)9-13-39)30(41)37-24-19-22-5-16-45-29(22)28(21-24)40-14-10-33(34,35)11-15-40/h3-4,19-21,26,38H,2,5-18,36H2,1H3,(H,37,41). The van der Waals surface area contributed by atoms with Crippen LogP contribution in [0.3, 0.4) is 0 Å². The van der Waals surface area contributed by atoms with E-state index < -0.39 is 33.7 Å². The van der Waals surface area contributed by atoms with Gasteiger partial charge in [0.2, 0.25) is 10.0 Å². The molecule has 47 heavy (non-hydrogen) atoms. The minimum absolute atomic E-state index is 0.187. The van der Waals surface area contributed by atoms with Crippen LogP contribution < -0.4 is 30.3 Å². The van der Waals surface area contributed by atoms with Crippen molar-refractivity contribution in [1.29, 1.82) is 0 Å². The van der Waals surface area contributed by atoms with Crippen LogP contribution in [0, 0.1) is 5.41 Å². The van der Waals surface area contributed by atoms with Crippen molar-refractivity contribution in [2.75, 3.05) is 65.0 Å². The number of nitrogens with one attached hydrogen (secondary N) is 2. The number of esters is 1. The normalized spacial score (nSPS) is 20.3. The molecule has 1 atom stereocenters. The molecule has 256 valence electrons. The Labute approximate surface area is 274 Å². The SMILES string of the molecule is CCC(N)C(=O)OCCS(=O)(=O)Nc1ccc(C(=O)Nc2cc3c(c(N4CCC(F)(F)CC4)c2)OCC3)c(N2CCC3(CC2)CC3)c1. The average molecular weight is 676 g/mol. The highest BCUT2D eigenvalue weighted by Gasteiger charge is 2.44. The summed E-state index contributed by atoms with van der Waals surface area (Å²) in [5.74, 6) is -3.48. The van der Waals surface area contributed by atoms with Gasteiger partial charge in [-0.05, 0) is 67.9 Å². The third kappa shape index (κ3) is 7.75. The molecule has 3 fully saturated rings. The number of hydrogen-bond donors (Lipinski definition) is 3. The molecule has 2 aromatic carbocycles. The first-order valence-corrected chi connectivity index (χ1v) is 18.1. The van der Waals surface area contributed by atoms with Gasteiger partial charge in [0.1, 0.15) is 24.2 Å². The molecule has 1 unspecified atom stereocenters. The number of alkyl halides is 2. The van der Waals surface area contributed by atoms with Gasteiger partial charge >= 0.3 is 5.97 Å². The summed E-state index contributed by atoms with van der Waals surface area (Å²) in [5, 5.41) is 3.02. The van der Waals surface area contributed by atoms with Gasteiger partial charge < -0.3 is 30.3 Å². The van der Waals surface area contributed by atoms with Crippen molar-refractivity contribution in [3.8, 4) is 5.75 Å². The van der Waals surface area contributed by atoms with Gasteiger partial charge in [-0.1, -0.05) is 6.92 Å². The largest absolute Gasteiger partial charge is 0.491 e. The number of carbonyl (C=O) groups is 2. The molecular formula is C33H43F2N5O6S. The number of hydrogen-bond acceptors (Lipinski definition) is 9. The third-order valence-electron chi connectivity index (χ3n) is 9.83. The van der Waals surface area contributed by atoms with Crippen LogP contribution in [0.1, 0.15) is 67.8 Å². The fourth-order valence-corrected chi connectivity index (χ4v) is 7.46. The molecule has 3 aliphatic heterocycles. The molecule has 4 aliphatic rings. The monoisotopic (exact) mass is 675 g/mol. The molecule has 0 bridgehead atoms. The Morgan fingerprint density at radius 2 is 1.64 bits per heavy atom. The lowest BCUT2D eigenvalue weighted by Gasteiger charge is -2.35. The summed E-state index contributed by atoms with van der Waals surface area (Å²) in [6.45, 7) is 3.74. The number of benzene rings is 2. The van der Waals surface area contributed by atoms with Gasteiger partial charge in [0.15, 0.2) is 0 Å². The number of carbonyl (C=O) groups excluding carboxylic acids is 2. The number of nitrogens with zero attached hydrogens (tertiary/aromatic N) is 2. The van der Waals surface area contributed by atoms with E-state index in [1.807, 2.05) is 11.0 Å². The first kappa shape index (κ1) is 33.3. The average Bonchev–Trinajstić information content (AvgIpc) is 3.61. The van der Waals surface area contributed by atoms with Crippen LogP contribution in [0.5, 0.6) is 5.75 Å². The van der Waals surface area contributed by atoms with E-state index in [0.29, 0.717) is 58.9 Å². The summed E-state index contributed by atoms with van der Waals surface area (Å²) in [7, 11) is -3.88. The van der Waals surface area contributed by atoms with E-state index >= 15 is 0 Å². The summed E-state index contributed by atoms with van der Waals surface area (Å²) in [5.41, 5.74) is 9.47. The second kappa shape index (κ2) is 13.1. The van der Waals surface area contributed by atoms with Gasteiger partial charge in [-0.2, -0.15) is 0 Å². The van der Waals surface area contributed by atoms with E-state index in [9.17, 15) is 26.8 Å². The molecule has 3 heterocycles. The Kier molecular flexibility index (Phi) is 9.27. The molecule has 0 radical (unpaired) electrons. The van der Waals surface area contributed by atoms with E-state index in [1.54, 1.807) is 25.1 Å². The van der Waals surface area contributed by atoms with Crippen molar-refractivity contribution in [2.45, 2.75) is 70.3 Å². The van der Waals surface area contributed by atoms with Crippen LogP contribution in [0.15, 0.2) is 30.3 Å². The molecule has 0 aromatic heterocycles. The maximum atomic E-state index is 13.9. The zero-order chi connectivity index (χ0) is 33.4. The number of rotatable bonds is 11. The van der Waals surface area contributed by atoms with Crippen LogP contribution in [-0.2, 0) is 26.0 Å². The molecule has 1 spiro atoms. The third-order valence-corrected chi connectivity index (χ3v) is 11.1. The number of nitrogens with two attached hydrogens (primary N) is 1. The zero-order valence-electron chi connectivity index (χ0n) is 26.7. The van der Waals surface area contributed by atoms with Crippen molar-refractivity contribution < 1.29 is 36.3 Å². The molecule has 11 nitrogen and oxygen atoms in total. The van der Waals surface area contributed by atoms with E-state index in [-0.39, 0.29) is 38.4 Å². The second-order valence-corrected chi connectivity index (χ2v) is 15.0. The number of fused-ring (bicyclic) bond motifs is 1. The molecule has 1 amide bonds. The van der Waals surface area contributed by atoms with Crippen molar-refractivity contribution >= 4 is 44.6 Å². The first-order valence-electron chi connectivity index (χ1n) is 16.4. The van der Waals surface area contributed by atoms with E-state index in [0.717, 1.165) is 31.5 Å². The van der Waals surface area contributed by atoms with E-state index in [2.05, 4.69) is 14.9 Å². The van der Waals surface area contributed by atoms with Crippen LogP contribution in [0.2, 0.25) is 0 Å². The lowest BCUT2D eigenvalue weighted by molar-refractivity contribution is -0.144. The minimum atomic E-state index is -3.88. The molecular weight excluding hydrogens is 632 g/mol. The summed E-state index contributed by atoms with van der Waals surface area (Å²) < 4.78 is 67.0. The zero-order valence-corrected chi connectivity index (χ0v) is 27.5. The highest BCUT2D eigenvalue weighted by molar-refractivity contribution is 7.92. The van der Waals surface area contributed by atoms with Gasteiger partial charge in [0.05, 0.1) is 29.2 Å². The highest BCUT2D eigenvalue weighted by Crippen LogP contribution is 2.54. The predicted octanol–water partition coefficient (Wildman–Crippen LogP) is 4.51. The second-order valence-electron chi connectivity index (χ2n) is 13.2. The van der Waals surface area contributed by atoms with Gasteiger partial charge in [0, 0.05) is 56.7 Å². The van der Waals surface area contributed by atoms with Gasteiger partial charge in [-0.3, -0.25) is 14.3 Å². The van der Waals surface area contributed by atoms with E-state index in [1.165, 1.54) is 18.9 Å². The molecule has 14 heteroatoms. The summed E-state index contributed by atoms with van der Waals surface area (Å²) in [6, 6.07) is 7.66. The van der Waals surface area contributed by atoms with Gasteiger partial charge in [-0.15, -0.1) is 0 Å². The van der Waals surface area contributed by atoms with Crippen molar-refractivity contribution in [1.82, 2.24) is 0 Å². The predicted molar refractivity (Wildman–Crippen MR) is 176 cm³/mol. The van der Waals surface area contributed by atoms with Crippen molar-refractivity contribution in [3.63, 3.8) is 0 Å². The first-order chi connectivity index (χ1) is 22.4. The fourth-order valence-electron chi connectivity index (χ4n) is 6.57. The smallest absolute Gasteiger partial charge is 0.322 e. The highest BCUT2D eigenvalue weighted by atomic mass is 32.2. The van der Waals surface area contributed by atoms with Crippen LogP contribution in [-0.4, -0.2) is 77.4 Å². The lowest BCUT2D eigenvalue weighted by atomic mass is 9.93. The quantitative estimate of drug-likeness (QED) is 0.293. The molecule has 4 N–H and O–H groups in total. The Bertz CT molecular complexity index is 1610. The van der Waals surface area contributed by atoms with Crippen LogP contribution in [0.25, 0.3) is 0 Å². The maximum Gasteiger partial charge on any atom is 0.322 e. The Hall–Kier alpha value is -3.65. The van der Waals surface area contributed by atoms with Gasteiger partial charge in [-0.25, -0.2) is 17.2 Å². The minimum Gasteiger partial charge on any atom is -0.491 e. The molecule has 1 aliphatic carbocycles. The Morgan fingerprint density at radius 3 is 2.32 bits per heavy atom. The lowest BCUT2D eigenvalue weighted by Crippen LogP contribution is -2.39. The van der Waals surface area contributed by atoms with Crippen LogP contribution >= 0.6 is 0 Å². The molecule has 1 saturated carbocycles. The maximum absolute atomic E-state index is 13.9. The number of piperidine rings is 2. The molecule has 6 rings (SSSR count). The summed E-state index contributed by atoms with van der Waals surface area (Å²) in [6.07, 6.45) is 4.96. The Morgan fingerprint density at radius 1 is 0.979 bits per heavy atom. The number of ether oxygens (including phenoxy) is 2. The van der Waals surface area contributed by atoms with Crippen LogP contribution in [0.4, 0.5) is 31.5 Å². The summed E-state index contributed by atoms with van der Waals surface area (Å²) in [4.78, 5) is 29.8. The van der Waals surface area contributed by atoms with Gasteiger partial charge in [0.25, 0.3) is 11.8 Å². The topological polar surface area (TPSA) is 143 Å². The number of halogens is 2. The van der Waals surface area contributed by atoms with Crippen molar-refractivity contribution in [3.05, 3.63) is 41.5 Å². The number of anilines is 4. The van der Waals surface area contributed by atoms with Crippen molar-refractivity contribution in [2.24, 2.45) is 11.1 Å². The number of amides is 1.